The third-order valence-electron chi connectivity index (χ3n) is 4.49. The van der Waals surface area contributed by atoms with Gasteiger partial charge in [-0.1, -0.05) is 0 Å². The normalized spacial score (nSPS) is 14.0. The van der Waals surface area contributed by atoms with Gasteiger partial charge in [-0.25, -0.2) is 8.78 Å². The van der Waals surface area contributed by atoms with Crippen LogP contribution in [-0.4, -0.2) is 56.5 Å². The summed E-state index contributed by atoms with van der Waals surface area (Å²) in [6.07, 6.45) is 0. The molecule has 1 aliphatic heterocycles. The summed E-state index contributed by atoms with van der Waals surface area (Å²) in [5, 5.41) is 2.62. The molecule has 3 rings (SSSR count). The van der Waals surface area contributed by atoms with Gasteiger partial charge in [-0.05, 0) is 12.1 Å². The first-order valence-electron chi connectivity index (χ1n) is 8.91. The lowest BCUT2D eigenvalue weighted by atomic mass is 10.2. The minimum Gasteiger partial charge on any atom is -0.497 e. The molecule has 2 aromatic rings. The Bertz CT molecular complexity index is 976. The molecule has 0 atom stereocenters. The minimum atomic E-state index is -1.12. The fourth-order valence-electron chi connectivity index (χ4n) is 2.98. The number of piperazine rings is 1. The first kappa shape index (κ1) is 21.0. The summed E-state index contributed by atoms with van der Waals surface area (Å²) in [4.78, 5) is 39.3. The molecule has 0 unspecified atom stereocenters. The van der Waals surface area contributed by atoms with E-state index in [2.05, 4.69) is 5.32 Å². The molecule has 1 fully saturated rings. The second-order valence-electron chi connectivity index (χ2n) is 6.43. The summed E-state index contributed by atoms with van der Waals surface area (Å²) in [7, 11) is 2.94. The Kier molecular flexibility index (Phi) is 6.14. The number of nitrogens with zero attached hydrogens (tertiary/aromatic N) is 2. The van der Waals surface area contributed by atoms with Crippen LogP contribution < -0.4 is 19.7 Å². The van der Waals surface area contributed by atoms with E-state index in [9.17, 15) is 23.2 Å². The molecule has 2 aromatic carbocycles. The largest absolute Gasteiger partial charge is 0.497 e. The fraction of sp³-hybridized carbons (Fsp3) is 0.250. The maximum atomic E-state index is 13.4. The fourth-order valence-corrected chi connectivity index (χ4v) is 2.98. The summed E-state index contributed by atoms with van der Waals surface area (Å²) in [5.74, 6) is -3.60. The zero-order valence-corrected chi connectivity index (χ0v) is 16.3. The lowest BCUT2D eigenvalue weighted by Gasteiger charge is -2.33. The Labute approximate surface area is 171 Å². The van der Waals surface area contributed by atoms with Gasteiger partial charge < -0.3 is 24.6 Å². The van der Waals surface area contributed by atoms with Gasteiger partial charge in [0.1, 0.15) is 18.0 Å². The Hall–Kier alpha value is -3.69. The molecule has 0 bridgehead atoms. The van der Waals surface area contributed by atoms with Crippen molar-refractivity contribution in [3.8, 4) is 11.5 Å². The molecule has 1 heterocycles. The highest BCUT2D eigenvalue weighted by Crippen LogP contribution is 2.26. The molecular weight excluding hydrogens is 400 g/mol. The molecule has 8 nitrogen and oxygen atoms in total. The first-order chi connectivity index (χ1) is 14.3. The summed E-state index contributed by atoms with van der Waals surface area (Å²) < 4.78 is 36.8. The molecular formula is C20H19F2N3O5. The quantitative estimate of drug-likeness (QED) is 0.722. The van der Waals surface area contributed by atoms with Gasteiger partial charge in [-0.2, -0.15) is 0 Å². The lowest BCUT2D eigenvalue weighted by molar-refractivity contribution is -0.147. The van der Waals surface area contributed by atoms with Crippen LogP contribution in [0.15, 0.2) is 36.4 Å². The van der Waals surface area contributed by atoms with Crippen LogP contribution in [0.5, 0.6) is 11.5 Å². The highest BCUT2D eigenvalue weighted by molar-refractivity contribution is 6.41. The Balaban J connectivity index is 1.66. The molecule has 0 aromatic heterocycles. The molecule has 0 radical (unpaired) electrons. The molecule has 158 valence electrons. The van der Waals surface area contributed by atoms with Gasteiger partial charge in [0.05, 0.1) is 14.2 Å². The maximum absolute atomic E-state index is 13.4. The molecule has 0 aliphatic carbocycles. The Morgan fingerprint density at radius 1 is 0.967 bits per heavy atom. The average Bonchev–Trinajstić information content (AvgIpc) is 2.73. The Morgan fingerprint density at radius 3 is 2.23 bits per heavy atom. The van der Waals surface area contributed by atoms with Crippen molar-refractivity contribution in [3.63, 3.8) is 0 Å². The zero-order valence-electron chi connectivity index (χ0n) is 16.3. The molecule has 3 amide bonds. The van der Waals surface area contributed by atoms with Crippen LogP contribution in [-0.2, 0) is 14.4 Å². The van der Waals surface area contributed by atoms with Gasteiger partial charge in [0.2, 0.25) is 5.91 Å². The van der Waals surface area contributed by atoms with Gasteiger partial charge in [0, 0.05) is 48.7 Å². The van der Waals surface area contributed by atoms with Crippen molar-refractivity contribution in [2.45, 2.75) is 0 Å². The molecule has 0 spiro atoms. The summed E-state index contributed by atoms with van der Waals surface area (Å²) in [5.41, 5.74) is 0.468. The van der Waals surface area contributed by atoms with Crippen LogP contribution in [0, 0.1) is 11.6 Å². The standard InChI is InChI=1S/C20H19F2N3O5/c1-29-14-7-12(8-15(10-14)30-2)23-18(26)11-24-5-6-25(20(28)19(24)27)13-3-4-16(21)17(22)9-13/h3-4,7-10H,5-6,11H2,1-2H3,(H,23,26). The molecule has 30 heavy (non-hydrogen) atoms. The third kappa shape index (κ3) is 4.48. The molecule has 0 saturated carbocycles. The zero-order chi connectivity index (χ0) is 21.8. The number of carbonyl (C=O) groups is 3. The second-order valence-corrected chi connectivity index (χ2v) is 6.43. The van der Waals surface area contributed by atoms with Crippen LogP contribution in [0.3, 0.4) is 0 Å². The smallest absolute Gasteiger partial charge is 0.316 e. The monoisotopic (exact) mass is 419 g/mol. The van der Waals surface area contributed by atoms with E-state index in [4.69, 9.17) is 9.47 Å². The summed E-state index contributed by atoms with van der Waals surface area (Å²) >= 11 is 0. The highest BCUT2D eigenvalue weighted by Gasteiger charge is 2.34. The van der Waals surface area contributed by atoms with Crippen LogP contribution >= 0.6 is 0 Å². The van der Waals surface area contributed by atoms with Crippen LogP contribution in [0.2, 0.25) is 0 Å². The van der Waals surface area contributed by atoms with Gasteiger partial charge in [-0.15, -0.1) is 0 Å². The number of benzene rings is 2. The number of anilines is 2. The van der Waals surface area contributed by atoms with E-state index in [1.165, 1.54) is 20.3 Å². The number of carbonyl (C=O) groups excluding carboxylic acids is 3. The predicted octanol–water partition coefficient (Wildman–Crippen LogP) is 1.80. The topological polar surface area (TPSA) is 88.2 Å². The predicted molar refractivity (Wildman–Crippen MR) is 103 cm³/mol. The number of methoxy groups -OCH3 is 2. The van der Waals surface area contributed by atoms with E-state index < -0.39 is 29.4 Å². The highest BCUT2D eigenvalue weighted by atomic mass is 19.2. The number of hydrogen-bond donors (Lipinski definition) is 1. The van der Waals surface area contributed by atoms with Gasteiger partial charge in [0.25, 0.3) is 0 Å². The van der Waals surface area contributed by atoms with Crippen molar-refractivity contribution < 1.29 is 32.6 Å². The van der Waals surface area contributed by atoms with E-state index in [0.717, 1.165) is 21.9 Å². The van der Waals surface area contributed by atoms with Crippen molar-refractivity contribution in [2.24, 2.45) is 0 Å². The summed E-state index contributed by atoms with van der Waals surface area (Å²) in [6.45, 7) is -0.260. The van der Waals surface area contributed by atoms with Crippen LogP contribution in [0.25, 0.3) is 0 Å². The van der Waals surface area contributed by atoms with Crippen LogP contribution in [0.4, 0.5) is 20.2 Å². The van der Waals surface area contributed by atoms with Gasteiger partial charge >= 0.3 is 11.8 Å². The van der Waals surface area contributed by atoms with E-state index in [1.807, 2.05) is 0 Å². The van der Waals surface area contributed by atoms with Crippen molar-refractivity contribution in [2.75, 3.05) is 44.1 Å². The van der Waals surface area contributed by atoms with Crippen molar-refractivity contribution in [3.05, 3.63) is 48.0 Å². The number of rotatable bonds is 6. The van der Waals surface area contributed by atoms with Crippen molar-refractivity contribution in [1.29, 1.82) is 0 Å². The van der Waals surface area contributed by atoms with E-state index in [0.29, 0.717) is 17.2 Å². The number of amides is 3. The number of nitrogens with one attached hydrogen (secondary N) is 1. The van der Waals surface area contributed by atoms with Gasteiger partial charge in [-0.3, -0.25) is 14.4 Å². The number of ether oxygens (including phenoxy) is 2. The molecule has 1 aliphatic rings. The second kappa shape index (κ2) is 8.76. The number of halogens is 2. The first-order valence-corrected chi connectivity index (χ1v) is 8.91. The minimum absolute atomic E-state index is 0.0376. The lowest BCUT2D eigenvalue weighted by Crippen LogP contribution is -2.56. The third-order valence-corrected chi connectivity index (χ3v) is 4.49. The van der Waals surface area contributed by atoms with Crippen LogP contribution in [0.1, 0.15) is 0 Å². The summed E-state index contributed by atoms with van der Waals surface area (Å²) in [6, 6.07) is 7.73. The molecule has 10 heteroatoms. The van der Waals surface area contributed by atoms with E-state index in [1.54, 1.807) is 18.2 Å². The average molecular weight is 419 g/mol. The van der Waals surface area contributed by atoms with Crippen molar-refractivity contribution in [1.82, 2.24) is 4.90 Å². The van der Waals surface area contributed by atoms with Crippen molar-refractivity contribution >= 4 is 29.1 Å². The number of hydrogen-bond acceptors (Lipinski definition) is 5. The molecule has 1 N–H and O–H groups in total. The van der Waals surface area contributed by atoms with E-state index >= 15 is 0 Å². The van der Waals surface area contributed by atoms with E-state index in [-0.39, 0.29) is 25.3 Å². The maximum Gasteiger partial charge on any atom is 0.316 e. The van der Waals surface area contributed by atoms with Gasteiger partial charge in [0.15, 0.2) is 11.6 Å². The Morgan fingerprint density at radius 2 is 1.63 bits per heavy atom. The SMILES string of the molecule is COc1cc(NC(=O)CN2CCN(c3ccc(F)c(F)c3)C(=O)C2=O)cc(OC)c1. The molecule has 1 saturated heterocycles.